The molecular formula is C17H23NO3. The maximum Gasteiger partial charge on any atom is 0.229 e. The van der Waals surface area contributed by atoms with Crippen molar-refractivity contribution in [3.8, 4) is 0 Å². The summed E-state index contributed by atoms with van der Waals surface area (Å²) in [7, 11) is 0. The molecule has 1 heterocycles. The molecule has 4 nitrogen and oxygen atoms in total. The Kier molecular flexibility index (Phi) is 4.78. The van der Waals surface area contributed by atoms with Crippen LogP contribution in [0.1, 0.15) is 54.0 Å². The van der Waals surface area contributed by atoms with Gasteiger partial charge in [0.15, 0.2) is 0 Å². The summed E-state index contributed by atoms with van der Waals surface area (Å²) in [6, 6.07) is 4.02. The van der Waals surface area contributed by atoms with Crippen molar-refractivity contribution in [3.63, 3.8) is 0 Å². The first-order valence-electron chi connectivity index (χ1n) is 7.49. The third-order valence-corrected chi connectivity index (χ3v) is 4.06. The zero-order chi connectivity index (χ0) is 15.6. The quantitative estimate of drug-likeness (QED) is 0.870. The average Bonchev–Trinajstić information content (AvgIpc) is 2.52. The third-order valence-electron chi connectivity index (χ3n) is 4.06. The number of hydrogen-bond acceptors (Lipinski definition) is 3. The van der Waals surface area contributed by atoms with Crippen molar-refractivity contribution in [3.05, 3.63) is 34.4 Å². The number of amides is 2. The highest BCUT2D eigenvalue weighted by molar-refractivity contribution is 5.96. The zero-order valence-corrected chi connectivity index (χ0v) is 13.0. The van der Waals surface area contributed by atoms with Gasteiger partial charge in [-0.05, 0) is 50.3 Å². The van der Waals surface area contributed by atoms with Gasteiger partial charge in [-0.1, -0.05) is 17.7 Å². The number of nitrogens with zero attached hydrogens (tertiary/aromatic N) is 1. The molecule has 1 aliphatic heterocycles. The van der Waals surface area contributed by atoms with Crippen molar-refractivity contribution >= 4 is 11.8 Å². The molecule has 1 aromatic rings. The van der Waals surface area contributed by atoms with Gasteiger partial charge in [0.1, 0.15) is 0 Å². The van der Waals surface area contributed by atoms with Crippen LogP contribution in [0.5, 0.6) is 0 Å². The van der Waals surface area contributed by atoms with Crippen molar-refractivity contribution in [1.29, 1.82) is 0 Å². The fourth-order valence-electron chi connectivity index (χ4n) is 3.15. The van der Waals surface area contributed by atoms with E-state index in [2.05, 4.69) is 0 Å². The van der Waals surface area contributed by atoms with Crippen LogP contribution in [-0.4, -0.2) is 28.4 Å². The highest BCUT2D eigenvalue weighted by atomic mass is 16.3. The Morgan fingerprint density at radius 3 is 2.00 bits per heavy atom. The fourth-order valence-corrected chi connectivity index (χ4v) is 3.15. The Morgan fingerprint density at radius 1 is 1.05 bits per heavy atom. The van der Waals surface area contributed by atoms with Gasteiger partial charge in [0.25, 0.3) is 0 Å². The van der Waals surface area contributed by atoms with Gasteiger partial charge in [-0.2, -0.15) is 0 Å². The largest absolute Gasteiger partial charge is 0.387 e. The number of carbonyl (C=O) groups excluding carboxylic acids is 2. The summed E-state index contributed by atoms with van der Waals surface area (Å²) in [5.41, 5.74) is 3.96. The molecule has 21 heavy (non-hydrogen) atoms. The van der Waals surface area contributed by atoms with Crippen LogP contribution in [0, 0.1) is 20.8 Å². The first kappa shape index (κ1) is 15.7. The molecule has 0 aromatic heterocycles. The second kappa shape index (κ2) is 6.39. The van der Waals surface area contributed by atoms with Crippen LogP contribution in [0.3, 0.4) is 0 Å². The molecule has 114 valence electrons. The summed E-state index contributed by atoms with van der Waals surface area (Å²) in [6.45, 7) is 5.97. The predicted octanol–water partition coefficient (Wildman–Crippen LogP) is 2.57. The van der Waals surface area contributed by atoms with Gasteiger partial charge < -0.3 is 5.11 Å². The molecule has 1 aliphatic rings. The van der Waals surface area contributed by atoms with Crippen LogP contribution in [0.25, 0.3) is 0 Å². The topological polar surface area (TPSA) is 57.6 Å². The first-order chi connectivity index (χ1) is 9.90. The number of hydrogen-bond donors (Lipinski definition) is 1. The summed E-state index contributed by atoms with van der Waals surface area (Å²) < 4.78 is 0. The van der Waals surface area contributed by atoms with E-state index in [4.69, 9.17) is 0 Å². The van der Waals surface area contributed by atoms with E-state index >= 15 is 0 Å². The Bertz CT molecular complexity index is 524. The van der Waals surface area contributed by atoms with Crippen molar-refractivity contribution in [2.75, 3.05) is 6.54 Å². The number of carbonyl (C=O) groups is 2. The molecule has 4 heteroatoms. The molecule has 2 amide bonds. The Labute approximate surface area is 125 Å². The number of aliphatic hydroxyl groups excluding tert-OH is 1. The van der Waals surface area contributed by atoms with Crippen LogP contribution in [0.2, 0.25) is 0 Å². The first-order valence-corrected chi connectivity index (χ1v) is 7.49. The number of imide groups is 1. The van der Waals surface area contributed by atoms with Gasteiger partial charge >= 0.3 is 0 Å². The van der Waals surface area contributed by atoms with Gasteiger partial charge in [0.05, 0.1) is 12.6 Å². The standard InChI is InChI=1S/C17H23NO3/c1-11-8-12(2)17(13(3)9-11)14(19)10-18-15(20)6-4-5-7-16(18)21/h8-9,14,19H,4-7,10H2,1-3H3. The molecular weight excluding hydrogens is 266 g/mol. The number of benzene rings is 1. The van der Waals surface area contributed by atoms with Crippen LogP contribution in [0.4, 0.5) is 0 Å². The monoisotopic (exact) mass is 289 g/mol. The summed E-state index contributed by atoms with van der Waals surface area (Å²) >= 11 is 0. The molecule has 0 aliphatic carbocycles. The maximum atomic E-state index is 12.0. The zero-order valence-electron chi connectivity index (χ0n) is 13.0. The minimum Gasteiger partial charge on any atom is -0.387 e. The molecule has 0 spiro atoms. The third kappa shape index (κ3) is 3.50. The molecule has 1 fully saturated rings. The van der Waals surface area contributed by atoms with Crippen molar-refractivity contribution in [2.24, 2.45) is 0 Å². The van der Waals surface area contributed by atoms with Crippen molar-refractivity contribution < 1.29 is 14.7 Å². The lowest BCUT2D eigenvalue weighted by Crippen LogP contribution is -2.38. The number of aryl methyl sites for hydroxylation is 3. The van der Waals surface area contributed by atoms with E-state index in [9.17, 15) is 14.7 Å². The van der Waals surface area contributed by atoms with Crippen LogP contribution in [0.15, 0.2) is 12.1 Å². The van der Waals surface area contributed by atoms with Crippen LogP contribution < -0.4 is 0 Å². The van der Waals surface area contributed by atoms with Crippen molar-refractivity contribution in [2.45, 2.75) is 52.6 Å². The van der Waals surface area contributed by atoms with E-state index in [-0.39, 0.29) is 18.4 Å². The smallest absolute Gasteiger partial charge is 0.229 e. The lowest BCUT2D eigenvalue weighted by molar-refractivity contribution is -0.145. The van der Waals surface area contributed by atoms with Gasteiger partial charge in [0, 0.05) is 12.8 Å². The molecule has 1 atom stereocenters. The van der Waals surface area contributed by atoms with Gasteiger partial charge in [-0.25, -0.2) is 0 Å². The Balaban J connectivity index is 2.22. The Morgan fingerprint density at radius 2 is 1.52 bits per heavy atom. The Hall–Kier alpha value is -1.68. The molecule has 1 N–H and O–H groups in total. The number of rotatable bonds is 3. The predicted molar refractivity (Wildman–Crippen MR) is 80.8 cm³/mol. The molecule has 0 radical (unpaired) electrons. The second-order valence-electron chi connectivity index (χ2n) is 5.93. The molecule has 1 saturated heterocycles. The van der Waals surface area contributed by atoms with E-state index in [1.54, 1.807) is 0 Å². The van der Waals surface area contributed by atoms with Gasteiger partial charge in [-0.15, -0.1) is 0 Å². The molecule has 0 bridgehead atoms. The SMILES string of the molecule is Cc1cc(C)c(C(O)CN2C(=O)CCCCC2=O)c(C)c1. The van der Waals surface area contributed by atoms with E-state index in [0.717, 1.165) is 35.1 Å². The van der Waals surface area contributed by atoms with Crippen molar-refractivity contribution in [1.82, 2.24) is 4.90 Å². The molecule has 1 aromatic carbocycles. The average molecular weight is 289 g/mol. The summed E-state index contributed by atoms with van der Waals surface area (Å²) in [6.07, 6.45) is 1.46. The van der Waals surface area contributed by atoms with E-state index in [1.165, 1.54) is 4.90 Å². The van der Waals surface area contributed by atoms with E-state index in [1.807, 2.05) is 32.9 Å². The summed E-state index contributed by atoms with van der Waals surface area (Å²) in [4.78, 5) is 25.3. The highest BCUT2D eigenvalue weighted by Crippen LogP contribution is 2.25. The summed E-state index contributed by atoms with van der Waals surface area (Å²) in [5, 5.41) is 10.5. The highest BCUT2D eigenvalue weighted by Gasteiger charge is 2.27. The number of β-amino-alcohol motifs (C(OH)–C–C–N with tert-alkyl or cyclic N) is 1. The maximum absolute atomic E-state index is 12.0. The van der Waals surface area contributed by atoms with Gasteiger partial charge in [0.2, 0.25) is 11.8 Å². The number of aliphatic hydroxyl groups is 1. The second-order valence-corrected chi connectivity index (χ2v) is 5.93. The summed E-state index contributed by atoms with van der Waals surface area (Å²) in [5.74, 6) is -0.335. The lowest BCUT2D eigenvalue weighted by atomic mass is 9.95. The van der Waals surface area contributed by atoms with E-state index in [0.29, 0.717) is 12.8 Å². The van der Waals surface area contributed by atoms with Gasteiger partial charge in [-0.3, -0.25) is 14.5 Å². The minimum absolute atomic E-state index is 0.0579. The molecule has 1 unspecified atom stereocenters. The van der Waals surface area contributed by atoms with Crippen LogP contribution in [-0.2, 0) is 9.59 Å². The number of likely N-dealkylation sites (tertiary alicyclic amines) is 1. The van der Waals surface area contributed by atoms with Crippen LogP contribution >= 0.6 is 0 Å². The minimum atomic E-state index is -0.823. The lowest BCUT2D eigenvalue weighted by Gasteiger charge is -2.24. The molecule has 2 rings (SSSR count). The fraction of sp³-hybridized carbons (Fsp3) is 0.529. The normalized spacial score (nSPS) is 17.8. The van der Waals surface area contributed by atoms with E-state index < -0.39 is 6.10 Å². The molecule has 0 saturated carbocycles.